The van der Waals surface area contributed by atoms with Crippen LogP contribution in [-0.2, 0) is 9.53 Å². The second-order valence-electron chi connectivity index (χ2n) is 9.31. The minimum atomic E-state index is 0.0355. The van der Waals surface area contributed by atoms with E-state index in [0.717, 1.165) is 59.4 Å². The van der Waals surface area contributed by atoms with Gasteiger partial charge in [-0.15, -0.1) is 16.4 Å². The van der Waals surface area contributed by atoms with Gasteiger partial charge in [-0.05, 0) is 30.0 Å². The number of ether oxygens (including phenoxy) is 1. The summed E-state index contributed by atoms with van der Waals surface area (Å²) in [5.41, 5.74) is 10.5. The highest BCUT2D eigenvalue weighted by Gasteiger charge is 2.31. The van der Waals surface area contributed by atoms with Crippen molar-refractivity contribution in [2.24, 2.45) is 0 Å². The van der Waals surface area contributed by atoms with E-state index in [0.29, 0.717) is 18.2 Å². The third-order valence-electron chi connectivity index (χ3n) is 6.56. The first-order chi connectivity index (χ1) is 19.7. The SMILES string of the molecule is CC.Nc1nnc(-c2nc(C3CC3)sc2N2CCOCC2)o1.O=C1CC=C(c2ccccc2)c2ccccc2N1. The smallest absolute Gasteiger partial charge is 0.313 e. The summed E-state index contributed by atoms with van der Waals surface area (Å²) in [6.45, 7) is 7.20. The lowest BCUT2D eigenvalue weighted by molar-refractivity contribution is -0.115. The van der Waals surface area contributed by atoms with Gasteiger partial charge in [-0.3, -0.25) is 4.79 Å². The maximum Gasteiger partial charge on any atom is 0.313 e. The Hall–Kier alpha value is -4.02. The number of thiazole rings is 1. The fraction of sp³-hybridized carbons (Fsp3) is 0.333. The van der Waals surface area contributed by atoms with Gasteiger partial charge in [0.15, 0.2) is 5.69 Å². The van der Waals surface area contributed by atoms with Gasteiger partial charge in [0.25, 0.3) is 5.89 Å². The minimum Gasteiger partial charge on any atom is -0.402 e. The van der Waals surface area contributed by atoms with Crippen molar-refractivity contribution in [3.8, 4) is 11.6 Å². The second-order valence-corrected chi connectivity index (χ2v) is 10.3. The molecule has 0 spiro atoms. The molecule has 1 aliphatic carbocycles. The van der Waals surface area contributed by atoms with Crippen molar-refractivity contribution in [3.63, 3.8) is 0 Å². The molecule has 2 fully saturated rings. The van der Waals surface area contributed by atoms with Crippen molar-refractivity contribution in [3.05, 3.63) is 76.8 Å². The van der Waals surface area contributed by atoms with E-state index in [2.05, 4.69) is 32.5 Å². The zero-order valence-corrected chi connectivity index (χ0v) is 23.6. The van der Waals surface area contributed by atoms with Crippen LogP contribution in [0.25, 0.3) is 17.2 Å². The molecule has 4 heterocycles. The van der Waals surface area contributed by atoms with Crippen LogP contribution in [-0.4, -0.2) is 47.4 Å². The molecule has 9 nitrogen and oxygen atoms in total. The fourth-order valence-corrected chi connectivity index (χ4v) is 5.79. The van der Waals surface area contributed by atoms with Gasteiger partial charge in [0.05, 0.1) is 18.2 Å². The first-order valence-corrected chi connectivity index (χ1v) is 14.5. The average Bonchev–Trinajstić information content (AvgIpc) is 3.66. The Morgan fingerprint density at radius 1 is 1.00 bits per heavy atom. The maximum atomic E-state index is 11.7. The Labute approximate surface area is 238 Å². The Morgan fingerprint density at radius 2 is 1.73 bits per heavy atom. The number of nitrogens with zero attached hydrogens (tertiary/aromatic N) is 4. The van der Waals surface area contributed by atoms with Crippen LogP contribution in [0.3, 0.4) is 0 Å². The molecule has 10 heteroatoms. The number of nitrogens with one attached hydrogen (secondary N) is 1. The summed E-state index contributed by atoms with van der Waals surface area (Å²) < 4.78 is 10.8. The van der Waals surface area contributed by atoms with Gasteiger partial charge in [0.2, 0.25) is 5.91 Å². The summed E-state index contributed by atoms with van der Waals surface area (Å²) in [6, 6.07) is 18.1. The molecule has 1 amide bonds. The van der Waals surface area contributed by atoms with Gasteiger partial charge in [-0.2, -0.15) is 0 Å². The third kappa shape index (κ3) is 6.40. The van der Waals surface area contributed by atoms with E-state index in [1.54, 1.807) is 11.3 Å². The molecule has 0 unspecified atom stereocenters. The van der Waals surface area contributed by atoms with E-state index in [1.165, 1.54) is 17.8 Å². The summed E-state index contributed by atoms with van der Waals surface area (Å²) in [4.78, 5) is 18.7. The van der Waals surface area contributed by atoms with E-state index in [1.807, 2.05) is 62.4 Å². The van der Waals surface area contributed by atoms with Crippen LogP contribution in [0, 0.1) is 0 Å². The lowest BCUT2D eigenvalue weighted by Crippen LogP contribution is -2.35. The Morgan fingerprint density at radius 3 is 2.42 bits per heavy atom. The number of para-hydroxylation sites is 1. The number of hydrogen-bond acceptors (Lipinski definition) is 9. The first kappa shape index (κ1) is 27.5. The van der Waals surface area contributed by atoms with E-state index < -0.39 is 0 Å². The molecule has 40 heavy (non-hydrogen) atoms. The number of nitrogens with two attached hydrogens (primary N) is 1. The Balaban J connectivity index is 0.000000153. The lowest BCUT2D eigenvalue weighted by atomic mass is 9.96. The standard InChI is InChI=1S/C16H13NO.C12H15N5O2S.C2H6/c18-16-11-10-13(12-6-2-1-3-7-12)14-8-4-5-9-15(14)17-16;13-12-16-15-9(19-12)8-11(17-3-5-18-6-4-17)20-10(14-8)7-1-2-7;1-2/h1-10H,11H2,(H,17,18);7H,1-6H2,(H2,13,16);1-2H3. The summed E-state index contributed by atoms with van der Waals surface area (Å²) in [6.07, 6.45) is 4.86. The molecule has 208 valence electrons. The number of nitrogen functional groups attached to an aromatic ring is 1. The van der Waals surface area contributed by atoms with Crippen molar-refractivity contribution < 1.29 is 13.9 Å². The number of aromatic nitrogens is 3. The molecule has 0 atom stereocenters. The number of amides is 1. The predicted octanol–water partition coefficient (Wildman–Crippen LogP) is 5.98. The summed E-state index contributed by atoms with van der Waals surface area (Å²) in [7, 11) is 0. The quantitative estimate of drug-likeness (QED) is 0.314. The number of carbonyl (C=O) groups is 1. The fourth-order valence-electron chi connectivity index (χ4n) is 4.51. The summed E-state index contributed by atoms with van der Waals surface area (Å²) >= 11 is 1.73. The number of anilines is 3. The molecule has 1 saturated carbocycles. The highest BCUT2D eigenvalue weighted by Crippen LogP contribution is 2.47. The second kappa shape index (κ2) is 12.9. The molecular weight excluding hydrogens is 524 g/mol. The lowest BCUT2D eigenvalue weighted by Gasteiger charge is -2.27. The van der Waals surface area contributed by atoms with Crippen molar-refractivity contribution in [1.82, 2.24) is 15.2 Å². The number of hydrogen-bond donors (Lipinski definition) is 2. The zero-order valence-electron chi connectivity index (χ0n) is 22.8. The Kier molecular flexibility index (Phi) is 8.87. The highest BCUT2D eigenvalue weighted by atomic mass is 32.1. The largest absolute Gasteiger partial charge is 0.402 e. The Bertz CT molecular complexity index is 1460. The van der Waals surface area contributed by atoms with E-state index in [9.17, 15) is 4.79 Å². The monoisotopic (exact) mass is 558 g/mol. The van der Waals surface area contributed by atoms with Crippen LogP contribution in [0.5, 0.6) is 0 Å². The first-order valence-electron chi connectivity index (χ1n) is 13.7. The van der Waals surface area contributed by atoms with Crippen LogP contribution in [0.15, 0.2) is 65.1 Å². The van der Waals surface area contributed by atoms with Crippen LogP contribution < -0.4 is 16.0 Å². The van der Waals surface area contributed by atoms with Crippen LogP contribution in [0.1, 0.15) is 55.2 Å². The predicted molar refractivity (Wildman–Crippen MR) is 159 cm³/mol. The molecule has 0 bridgehead atoms. The molecule has 2 aromatic carbocycles. The number of carbonyl (C=O) groups excluding carboxylic acids is 1. The van der Waals surface area contributed by atoms with E-state index in [-0.39, 0.29) is 11.9 Å². The molecule has 3 N–H and O–H groups in total. The molecule has 2 aliphatic heterocycles. The van der Waals surface area contributed by atoms with Crippen LogP contribution >= 0.6 is 11.3 Å². The molecule has 1 saturated heterocycles. The van der Waals surface area contributed by atoms with Gasteiger partial charge >= 0.3 is 6.01 Å². The molecule has 4 aromatic rings. The van der Waals surface area contributed by atoms with Crippen molar-refractivity contribution in [2.45, 2.75) is 39.0 Å². The number of fused-ring (bicyclic) bond motifs is 1. The number of rotatable bonds is 4. The third-order valence-corrected chi connectivity index (χ3v) is 7.84. The average molecular weight is 559 g/mol. The molecule has 0 radical (unpaired) electrons. The normalized spacial score (nSPS) is 16.3. The van der Waals surface area contributed by atoms with Gasteiger partial charge in [0, 0.05) is 36.7 Å². The topological polar surface area (TPSA) is 119 Å². The van der Waals surface area contributed by atoms with E-state index in [4.69, 9.17) is 19.9 Å². The van der Waals surface area contributed by atoms with Gasteiger partial charge in [-0.25, -0.2) is 4.98 Å². The van der Waals surface area contributed by atoms with E-state index >= 15 is 0 Å². The molecule has 2 aromatic heterocycles. The van der Waals surface area contributed by atoms with Crippen molar-refractivity contribution >= 4 is 39.5 Å². The molecule has 7 rings (SSSR count). The minimum absolute atomic E-state index is 0.0355. The zero-order chi connectivity index (χ0) is 27.9. The summed E-state index contributed by atoms with van der Waals surface area (Å²) in [5.74, 6) is 1.05. The molecular formula is C30H34N6O3S. The number of morpholine rings is 1. The summed E-state index contributed by atoms with van der Waals surface area (Å²) in [5, 5.41) is 12.9. The van der Waals surface area contributed by atoms with Crippen molar-refractivity contribution in [2.75, 3.05) is 42.3 Å². The van der Waals surface area contributed by atoms with Crippen LogP contribution in [0.4, 0.5) is 16.7 Å². The molecule has 3 aliphatic rings. The van der Waals surface area contributed by atoms with Gasteiger partial charge in [0.1, 0.15) is 5.00 Å². The van der Waals surface area contributed by atoms with Crippen molar-refractivity contribution in [1.29, 1.82) is 0 Å². The van der Waals surface area contributed by atoms with Gasteiger partial charge < -0.3 is 25.1 Å². The highest BCUT2D eigenvalue weighted by molar-refractivity contribution is 7.16. The number of benzene rings is 2. The van der Waals surface area contributed by atoms with Crippen LogP contribution in [0.2, 0.25) is 0 Å². The maximum absolute atomic E-state index is 11.7. The van der Waals surface area contributed by atoms with Gasteiger partial charge in [-0.1, -0.05) is 73.6 Å².